The molecule has 0 spiro atoms. The molecule has 0 N–H and O–H groups in total. The van der Waals surface area contributed by atoms with Crippen LogP contribution in [0.15, 0.2) is 59.6 Å². The van der Waals surface area contributed by atoms with Crippen LogP contribution in [0.2, 0.25) is 0 Å². The molecule has 36 heavy (non-hydrogen) atoms. The van der Waals surface area contributed by atoms with E-state index in [2.05, 4.69) is 33.8 Å². The number of nitrogens with zero attached hydrogens (tertiary/aromatic N) is 3. The van der Waals surface area contributed by atoms with Crippen LogP contribution in [0.5, 0.6) is 5.75 Å². The lowest BCUT2D eigenvalue weighted by atomic mass is 10.0. The summed E-state index contributed by atoms with van der Waals surface area (Å²) in [7, 11) is 0. The van der Waals surface area contributed by atoms with Crippen LogP contribution in [0, 0.1) is 12.8 Å². The molecule has 0 radical (unpaired) electrons. The Labute approximate surface area is 223 Å². The molecule has 5 nitrogen and oxygen atoms in total. The lowest BCUT2D eigenvalue weighted by molar-refractivity contribution is -0.123. The number of thioether (sulfide) groups is 1. The molecule has 1 aliphatic rings. The predicted octanol–water partition coefficient (Wildman–Crippen LogP) is 7.27. The fraction of sp³-hybridized carbons (Fsp3) is 0.345. The van der Waals surface area contributed by atoms with Gasteiger partial charge in [-0.2, -0.15) is 5.10 Å². The van der Waals surface area contributed by atoms with E-state index in [0.717, 1.165) is 46.7 Å². The van der Waals surface area contributed by atoms with Gasteiger partial charge in [-0.25, -0.2) is 4.68 Å². The second kappa shape index (κ2) is 11.4. The number of hydrogen-bond acceptors (Lipinski definition) is 5. The van der Waals surface area contributed by atoms with Crippen LogP contribution in [0.4, 0.5) is 0 Å². The molecule has 7 heteroatoms. The van der Waals surface area contributed by atoms with Crippen molar-refractivity contribution in [1.82, 2.24) is 14.7 Å². The molecule has 2 heterocycles. The molecule has 4 rings (SSSR count). The summed E-state index contributed by atoms with van der Waals surface area (Å²) >= 11 is 6.89. The number of rotatable bonds is 9. The van der Waals surface area contributed by atoms with Gasteiger partial charge in [-0.3, -0.25) is 9.69 Å². The standard InChI is InChI=1S/C29H33N3O2S2/c1-6-21(5)32-28(33)26(36-29(32)35)17-23-18-31(24-10-8-7-9-11-24)30-27(23)22-12-13-25(20(4)16-22)34-15-14-19(2)3/h7-13,16-19,21H,6,14-15H2,1-5H3/b26-17-/t21-/m0/s1. The highest BCUT2D eigenvalue weighted by Crippen LogP contribution is 2.37. The third-order valence-electron chi connectivity index (χ3n) is 6.31. The second-order valence-corrected chi connectivity index (χ2v) is 11.2. The number of aryl methyl sites for hydroxylation is 1. The summed E-state index contributed by atoms with van der Waals surface area (Å²) in [5.41, 5.74) is 4.67. The molecule has 0 saturated carbocycles. The zero-order valence-electron chi connectivity index (χ0n) is 21.5. The van der Waals surface area contributed by atoms with Crippen LogP contribution >= 0.6 is 24.0 Å². The fourth-order valence-electron chi connectivity index (χ4n) is 3.98. The summed E-state index contributed by atoms with van der Waals surface area (Å²) in [6.45, 7) is 11.2. The van der Waals surface area contributed by atoms with Gasteiger partial charge in [0.05, 0.1) is 17.2 Å². The van der Waals surface area contributed by atoms with Gasteiger partial charge in [-0.05, 0) is 74.6 Å². The van der Waals surface area contributed by atoms with Gasteiger partial charge in [0.25, 0.3) is 5.91 Å². The van der Waals surface area contributed by atoms with E-state index in [9.17, 15) is 4.79 Å². The highest BCUT2D eigenvalue weighted by molar-refractivity contribution is 8.26. The smallest absolute Gasteiger partial charge is 0.266 e. The Morgan fingerprint density at radius 2 is 1.89 bits per heavy atom. The lowest BCUT2D eigenvalue weighted by Gasteiger charge is -2.21. The largest absolute Gasteiger partial charge is 0.493 e. The quantitative estimate of drug-likeness (QED) is 0.220. The number of carbonyl (C=O) groups excluding carboxylic acids is 1. The molecule has 0 bridgehead atoms. The summed E-state index contributed by atoms with van der Waals surface area (Å²) in [5, 5.41) is 4.93. The minimum absolute atomic E-state index is 0.0390. The maximum Gasteiger partial charge on any atom is 0.266 e. The number of para-hydroxylation sites is 1. The van der Waals surface area contributed by atoms with Gasteiger partial charge in [0.15, 0.2) is 0 Å². The molecule has 1 atom stereocenters. The Morgan fingerprint density at radius 1 is 1.14 bits per heavy atom. The molecule has 1 aliphatic heterocycles. The van der Waals surface area contributed by atoms with Crippen molar-refractivity contribution in [2.45, 2.75) is 53.5 Å². The van der Waals surface area contributed by atoms with Crippen LogP contribution in [0.1, 0.15) is 51.7 Å². The summed E-state index contributed by atoms with van der Waals surface area (Å²) in [4.78, 5) is 15.5. The van der Waals surface area contributed by atoms with Crippen molar-refractivity contribution in [1.29, 1.82) is 0 Å². The van der Waals surface area contributed by atoms with Gasteiger partial charge < -0.3 is 4.74 Å². The first-order valence-electron chi connectivity index (χ1n) is 12.4. The number of ether oxygens (including phenoxy) is 1. The van der Waals surface area contributed by atoms with Gasteiger partial charge in [0, 0.05) is 23.4 Å². The predicted molar refractivity (Wildman–Crippen MR) is 153 cm³/mol. The van der Waals surface area contributed by atoms with Crippen LogP contribution in [0.25, 0.3) is 23.0 Å². The first-order valence-corrected chi connectivity index (χ1v) is 13.7. The van der Waals surface area contributed by atoms with Crippen molar-refractivity contribution < 1.29 is 9.53 Å². The van der Waals surface area contributed by atoms with E-state index < -0.39 is 0 Å². The van der Waals surface area contributed by atoms with Crippen LogP contribution in [0.3, 0.4) is 0 Å². The number of hydrogen-bond donors (Lipinski definition) is 0. The second-order valence-electron chi connectivity index (χ2n) is 9.53. The van der Waals surface area contributed by atoms with E-state index in [-0.39, 0.29) is 11.9 Å². The van der Waals surface area contributed by atoms with E-state index in [0.29, 0.717) is 21.8 Å². The number of carbonyl (C=O) groups is 1. The molecule has 0 aliphatic carbocycles. The number of amides is 1. The van der Waals surface area contributed by atoms with E-state index in [4.69, 9.17) is 22.1 Å². The van der Waals surface area contributed by atoms with Gasteiger partial charge in [-0.1, -0.05) is 63.0 Å². The monoisotopic (exact) mass is 519 g/mol. The minimum Gasteiger partial charge on any atom is -0.493 e. The Bertz CT molecular complexity index is 1280. The Morgan fingerprint density at radius 3 is 2.56 bits per heavy atom. The SMILES string of the molecule is CC[C@H](C)N1C(=O)/C(=C/c2cn(-c3ccccc3)nc2-c2ccc(OCCC(C)C)c(C)c2)SC1=S. The maximum atomic E-state index is 13.2. The lowest BCUT2D eigenvalue weighted by Crippen LogP contribution is -2.36. The van der Waals surface area contributed by atoms with Crippen LogP contribution in [-0.2, 0) is 4.79 Å². The summed E-state index contributed by atoms with van der Waals surface area (Å²) in [6, 6.07) is 16.2. The van der Waals surface area contributed by atoms with Gasteiger partial charge >= 0.3 is 0 Å². The molecule has 0 unspecified atom stereocenters. The van der Waals surface area contributed by atoms with E-state index in [1.807, 2.05) is 66.3 Å². The molecular formula is C29H33N3O2S2. The zero-order valence-corrected chi connectivity index (χ0v) is 23.2. The van der Waals surface area contributed by atoms with Crippen molar-refractivity contribution in [3.63, 3.8) is 0 Å². The van der Waals surface area contributed by atoms with E-state index in [1.165, 1.54) is 11.8 Å². The topological polar surface area (TPSA) is 47.4 Å². The van der Waals surface area contributed by atoms with Crippen molar-refractivity contribution in [2.24, 2.45) is 5.92 Å². The van der Waals surface area contributed by atoms with E-state index in [1.54, 1.807) is 4.90 Å². The minimum atomic E-state index is -0.0390. The average molecular weight is 520 g/mol. The summed E-state index contributed by atoms with van der Waals surface area (Å²) < 4.78 is 8.48. The number of aromatic nitrogens is 2. The van der Waals surface area contributed by atoms with Crippen molar-refractivity contribution in [3.8, 4) is 22.7 Å². The zero-order chi connectivity index (χ0) is 25.8. The Balaban J connectivity index is 1.72. The third kappa shape index (κ3) is 5.73. The van der Waals surface area contributed by atoms with Crippen LogP contribution in [-0.4, -0.2) is 37.6 Å². The number of benzene rings is 2. The number of thiocarbonyl (C=S) groups is 1. The maximum absolute atomic E-state index is 13.2. The third-order valence-corrected chi connectivity index (χ3v) is 7.64. The van der Waals surface area contributed by atoms with Gasteiger partial charge in [-0.15, -0.1) is 0 Å². The fourth-order valence-corrected chi connectivity index (χ4v) is 5.43. The highest BCUT2D eigenvalue weighted by atomic mass is 32.2. The average Bonchev–Trinajstić information content (AvgIpc) is 3.40. The molecule has 2 aromatic carbocycles. The van der Waals surface area contributed by atoms with Gasteiger partial charge in [0.2, 0.25) is 0 Å². The molecule has 3 aromatic rings. The molecule has 1 aromatic heterocycles. The van der Waals surface area contributed by atoms with Crippen molar-refractivity contribution >= 4 is 40.3 Å². The highest BCUT2D eigenvalue weighted by Gasteiger charge is 2.35. The first kappa shape index (κ1) is 26.2. The van der Waals surface area contributed by atoms with E-state index >= 15 is 0 Å². The van der Waals surface area contributed by atoms with Crippen molar-refractivity contribution in [2.75, 3.05) is 6.61 Å². The normalized spacial score (nSPS) is 15.8. The molecule has 188 valence electrons. The van der Waals surface area contributed by atoms with Crippen LogP contribution < -0.4 is 4.74 Å². The van der Waals surface area contributed by atoms with Crippen molar-refractivity contribution in [3.05, 3.63) is 70.8 Å². The molecule has 1 saturated heterocycles. The Kier molecular flexibility index (Phi) is 8.32. The summed E-state index contributed by atoms with van der Waals surface area (Å²) in [6.07, 6.45) is 5.76. The molecule has 1 amide bonds. The molecule has 1 fully saturated rings. The van der Waals surface area contributed by atoms with Gasteiger partial charge in [0.1, 0.15) is 15.8 Å². The Hall–Kier alpha value is -2.90. The summed E-state index contributed by atoms with van der Waals surface area (Å²) in [5.74, 6) is 1.45. The first-order chi connectivity index (χ1) is 17.3. The molecular weight excluding hydrogens is 486 g/mol.